The van der Waals surface area contributed by atoms with Crippen molar-refractivity contribution in [2.75, 3.05) is 13.1 Å². The van der Waals surface area contributed by atoms with Crippen LogP contribution in [0.4, 0.5) is 0 Å². The van der Waals surface area contributed by atoms with E-state index in [0.29, 0.717) is 5.41 Å². The van der Waals surface area contributed by atoms with E-state index in [1.165, 1.54) is 37.7 Å². The van der Waals surface area contributed by atoms with Crippen LogP contribution in [0, 0.1) is 12.8 Å². The van der Waals surface area contributed by atoms with Gasteiger partial charge in [-0.25, -0.2) is 0 Å². The van der Waals surface area contributed by atoms with Gasteiger partial charge in [0, 0.05) is 12.0 Å². The van der Waals surface area contributed by atoms with Crippen LogP contribution in [0.2, 0.25) is 0 Å². The molecule has 2 rings (SSSR count). The summed E-state index contributed by atoms with van der Waals surface area (Å²) in [7, 11) is 0. The van der Waals surface area contributed by atoms with Gasteiger partial charge in [0.05, 0.1) is 0 Å². The highest BCUT2D eigenvalue weighted by molar-refractivity contribution is 5.34. The van der Waals surface area contributed by atoms with Gasteiger partial charge in [0.1, 0.15) is 0 Å². The van der Waals surface area contributed by atoms with Crippen LogP contribution >= 0.6 is 0 Å². The molecule has 1 saturated carbocycles. The van der Waals surface area contributed by atoms with E-state index in [2.05, 4.69) is 50.4 Å². The van der Waals surface area contributed by atoms with Crippen molar-refractivity contribution in [1.82, 2.24) is 5.32 Å². The van der Waals surface area contributed by atoms with Gasteiger partial charge in [-0.3, -0.25) is 0 Å². The first-order valence-corrected chi connectivity index (χ1v) is 7.95. The molecule has 0 unspecified atom stereocenters. The maximum atomic E-state index is 3.69. The fourth-order valence-corrected chi connectivity index (χ4v) is 3.53. The molecular formula is C18H29N. The Morgan fingerprint density at radius 3 is 2.53 bits per heavy atom. The lowest BCUT2D eigenvalue weighted by Gasteiger charge is -2.41. The van der Waals surface area contributed by atoms with Crippen molar-refractivity contribution in [3.05, 3.63) is 35.4 Å². The van der Waals surface area contributed by atoms with Crippen LogP contribution in [0.3, 0.4) is 0 Å². The van der Waals surface area contributed by atoms with E-state index < -0.39 is 0 Å². The van der Waals surface area contributed by atoms with Gasteiger partial charge in [0.2, 0.25) is 0 Å². The molecule has 1 aromatic rings. The van der Waals surface area contributed by atoms with E-state index in [9.17, 15) is 0 Å². The fraction of sp³-hybridized carbons (Fsp3) is 0.667. The molecule has 1 aliphatic carbocycles. The van der Waals surface area contributed by atoms with Crippen molar-refractivity contribution in [3.63, 3.8) is 0 Å². The van der Waals surface area contributed by atoms with E-state index in [-0.39, 0.29) is 0 Å². The van der Waals surface area contributed by atoms with E-state index in [1.807, 2.05) is 0 Å². The van der Waals surface area contributed by atoms with E-state index in [1.54, 1.807) is 5.56 Å². The lowest BCUT2D eigenvalue weighted by atomic mass is 9.66. The minimum Gasteiger partial charge on any atom is -0.316 e. The third-order valence-corrected chi connectivity index (χ3v) is 4.84. The average Bonchev–Trinajstić information content (AvgIpc) is 2.42. The van der Waals surface area contributed by atoms with Crippen molar-refractivity contribution in [2.45, 2.75) is 58.3 Å². The molecule has 1 nitrogen and oxygen atoms in total. The van der Waals surface area contributed by atoms with E-state index >= 15 is 0 Å². The second-order valence-electron chi connectivity index (χ2n) is 6.45. The summed E-state index contributed by atoms with van der Waals surface area (Å²) in [5.74, 6) is 0.906. The molecule has 1 N–H and O–H groups in total. The number of aryl methyl sites for hydroxylation is 1. The number of rotatable bonds is 5. The van der Waals surface area contributed by atoms with Crippen molar-refractivity contribution in [3.8, 4) is 0 Å². The van der Waals surface area contributed by atoms with Crippen molar-refractivity contribution in [2.24, 2.45) is 5.92 Å². The van der Waals surface area contributed by atoms with Gasteiger partial charge in [-0.2, -0.15) is 0 Å². The van der Waals surface area contributed by atoms with Crippen LogP contribution in [0.1, 0.15) is 57.1 Å². The Bertz CT molecular complexity index is 388. The molecule has 0 atom stereocenters. The monoisotopic (exact) mass is 259 g/mol. The standard InChI is InChI=1S/C18H29N/c1-4-13-19-14-18(11-9-15(2)10-12-18)17-8-6-5-7-16(17)3/h5-8,15,19H,4,9-14H2,1-3H3. The molecule has 0 saturated heterocycles. The van der Waals surface area contributed by atoms with Gasteiger partial charge in [-0.1, -0.05) is 38.1 Å². The Hall–Kier alpha value is -0.820. The highest BCUT2D eigenvalue weighted by atomic mass is 14.9. The molecule has 1 fully saturated rings. The second kappa shape index (κ2) is 6.56. The predicted octanol–water partition coefficient (Wildman–Crippen LogP) is 4.44. The number of hydrogen-bond acceptors (Lipinski definition) is 1. The van der Waals surface area contributed by atoms with Crippen molar-refractivity contribution in [1.29, 1.82) is 0 Å². The summed E-state index contributed by atoms with van der Waals surface area (Å²) in [5, 5.41) is 3.69. The van der Waals surface area contributed by atoms with Gasteiger partial charge in [0.25, 0.3) is 0 Å². The maximum Gasteiger partial charge on any atom is 0.00806 e. The summed E-state index contributed by atoms with van der Waals surface area (Å²) in [6.07, 6.45) is 6.66. The van der Waals surface area contributed by atoms with Crippen LogP contribution in [0.25, 0.3) is 0 Å². The fourth-order valence-electron chi connectivity index (χ4n) is 3.53. The van der Waals surface area contributed by atoms with Crippen LogP contribution in [-0.4, -0.2) is 13.1 Å². The number of benzene rings is 1. The Labute approximate surface area is 118 Å². The van der Waals surface area contributed by atoms with Crippen molar-refractivity contribution < 1.29 is 0 Å². The Balaban J connectivity index is 2.21. The predicted molar refractivity (Wildman–Crippen MR) is 83.6 cm³/mol. The topological polar surface area (TPSA) is 12.0 Å². The highest BCUT2D eigenvalue weighted by Gasteiger charge is 2.36. The molecule has 19 heavy (non-hydrogen) atoms. The third-order valence-electron chi connectivity index (χ3n) is 4.84. The normalized spacial score (nSPS) is 27.4. The average molecular weight is 259 g/mol. The number of nitrogens with one attached hydrogen (secondary N) is 1. The first-order chi connectivity index (χ1) is 9.18. The Kier molecular flexibility index (Phi) is 5.04. The highest BCUT2D eigenvalue weighted by Crippen LogP contribution is 2.42. The lowest BCUT2D eigenvalue weighted by Crippen LogP contribution is -2.41. The molecule has 0 radical (unpaired) electrons. The first-order valence-electron chi connectivity index (χ1n) is 7.95. The zero-order valence-electron chi connectivity index (χ0n) is 12.8. The van der Waals surface area contributed by atoms with Crippen molar-refractivity contribution >= 4 is 0 Å². The summed E-state index contributed by atoms with van der Waals surface area (Å²) in [6, 6.07) is 9.01. The molecule has 0 spiro atoms. The molecule has 1 aliphatic rings. The zero-order valence-corrected chi connectivity index (χ0v) is 12.8. The second-order valence-corrected chi connectivity index (χ2v) is 6.45. The summed E-state index contributed by atoms with van der Waals surface area (Å²) in [5.41, 5.74) is 3.44. The third kappa shape index (κ3) is 3.39. The molecule has 1 heteroatoms. The summed E-state index contributed by atoms with van der Waals surface area (Å²) in [4.78, 5) is 0. The van der Waals surface area contributed by atoms with Crippen LogP contribution in [0.5, 0.6) is 0 Å². The van der Waals surface area contributed by atoms with Crippen LogP contribution in [-0.2, 0) is 5.41 Å². The molecule has 106 valence electrons. The molecule has 0 heterocycles. The van der Waals surface area contributed by atoms with Gasteiger partial charge < -0.3 is 5.32 Å². The van der Waals surface area contributed by atoms with Crippen LogP contribution < -0.4 is 5.32 Å². The molecule has 0 bridgehead atoms. The summed E-state index contributed by atoms with van der Waals surface area (Å²) < 4.78 is 0. The summed E-state index contributed by atoms with van der Waals surface area (Å²) in [6.45, 7) is 9.22. The Morgan fingerprint density at radius 2 is 1.89 bits per heavy atom. The van der Waals surface area contributed by atoms with Gasteiger partial charge in [-0.05, 0) is 62.6 Å². The number of hydrogen-bond donors (Lipinski definition) is 1. The molecule has 1 aromatic carbocycles. The van der Waals surface area contributed by atoms with E-state index in [4.69, 9.17) is 0 Å². The molecule has 0 aliphatic heterocycles. The minimum absolute atomic E-state index is 0.382. The van der Waals surface area contributed by atoms with Gasteiger partial charge in [0.15, 0.2) is 0 Å². The lowest BCUT2D eigenvalue weighted by molar-refractivity contribution is 0.233. The van der Waals surface area contributed by atoms with Gasteiger partial charge >= 0.3 is 0 Å². The molecular weight excluding hydrogens is 230 g/mol. The zero-order chi connectivity index (χ0) is 13.7. The maximum absolute atomic E-state index is 3.69. The van der Waals surface area contributed by atoms with Crippen LogP contribution in [0.15, 0.2) is 24.3 Å². The summed E-state index contributed by atoms with van der Waals surface area (Å²) >= 11 is 0. The first kappa shape index (κ1) is 14.6. The minimum atomic E-state index is 0.382. The SMILES string of the molecule is CCCNCC1(c2ccccc2C)CCC(C)CC1. The van der Waals surface area contributed by atoms with E-state index in [0.717, 1.165) is 19.0 Å². The largest absolute Gasteiger partial charge is 0.316 e. The Morgan fingerprint density at radius 1 is 1.21 bits per heavy atom. The smallest absolute Gasteiger partial charge is 0.00806 e. The quantitative estimate of drug-likeness (QED) is 0.771. The molecule has 0 aromatic heterocycles. The van der Waals surface area contributed by atoms with Gasteiger partial charge in [-0.15, -0.1) is 0 Å². The molecule has 0 amide bonds.